The summed E-state index contributed by atoms with van der Waals surface area (Å²) < 4.78 is 47.1. The van der Waals surface area contributed by atoms with E-state index in [1.807, 2.05) is 0 Å². The number of benzene rings is 1. The Hall–Kier alpha value is -3.87. The highest BCUT2D eigenvalue weighted by molar-refractivity contribution is 6.03. The second-order valence-electron chi connectivity index (χ2n) is 9.08. The quantitative estimate of drug-likeness (QED) is 0.587. The van der Waals surface area contributed by atoms with Gasteiger partial charge in [0.1, 0.15) is 12.3 Å². The van der Waals surface area contributed by atoms with Crippen LogP contribution in [0.15, 0.2) is 36.5 Å². The Morgan fingerprint density at radius 2 is 1.95 bits per heavy atom. The van der Waals surface area contributed by atoms with E-state index < -0.39 is 25.0 Å². The third kappa shape index (κ3) is 5.31. The van der Waals surface area contributed by atoms with Gasteiger partial charge in [0.05, 0.1) is 12.3 Å². The fourth-order valence-electron chi connectivity index (χ4n) is 4.43. The molecule has 0 bridgehead atoms. The summed E-state index contributed by atoms with van der Waals surface area (Å²) in [6, 6.07) is 7.72. The minimum Gasteiger partial charge on any atom is -0.479 e. The van der Waals surface area contributed by atoms with Gasteiger partial charge in [0, 0.05) is 49.9 Å². The molecule has 4 heterocycles. The number of β-amino-alcohol motifs (C(OH)–C–C–N with tert-alkyl or cyclic N) is 1. The Balaban J connectivity index is 1.19. The van der Waals surface area contributed by atoms with Crippen molar-refractivity contribution < 1.29 is 42.1 Å². The van der Waals surface area contributed by atoms with Crippen molar-refractivity contribution >= 4 is 23.4 Å². The van der Waals surface area contributed by atoms with Gasteiger partial charge in [0.2, 0.25) is 11.8 Å². The molecule has 0 spiro atoms. The molecule has 5 rings (SSSR count). The number of alkyl halides is 3. The van der Waals surface area contributed by atoms with Gasteiger partial charge >= 0.3 is 6.18 Å². The molecule has 2 saturated heterocycles. The third-order valence-corrected chi connectivity index (χ3v) is 6.35. The van der Waals surface area contributed by atoms with Crippen molar-refractivity contribution in [1.82, 2.24) is 14.8 Å². The average molecular weight is 520 g/mol. The van der Waals surface area contributed by atoms with E-state index in [4.69, 9.17) is 4.74 Å². The van der Waals surface area contributed by atoms with Gasteiger partial charge in [0.25, 0.3) is 11.8 Å². The molecule has 2 aromatic rings. The highest BCUT2D eigenvalue weighted by Gasteiger charge is 2.37. The van der Waals surface area contributed by atoms with Crippen molar-refractivity contribution in [2.45, 2.75) is 31.3 Å². The van der Waals surface area contributed by atoms with E-state index in [1.165, 1.54) is 33.0 Å². The number of aromatic nitrogens is 1. The second kappa shape index (κ2) is 9.54. The summed E-state index contributed by atoms with van der Waals surface area (Å²) in [5.41, 5.74) is 1.70. The van der Waals surface area contributed by atoms with Crippen LogP contribution in [0.3, 0.4) is 0 Å². The summed E-state index contributed by atoms with van der Waals surface area (Å²) in [7, 11) is 0. The Morgan fingerprint density at radius 3 is 2.62 bits per heavy atom. The lowest BCUT2D eigenvalue weighted by atomic mass is 10.1. The molecule has 0 unspecified atom stereocenters. The van der Waals surface area contributed by atoms with Crippen molar-refractivity contribution in [2.75, 3.05) is 37.7 Å². The molecule has 3 aliphatic heterocycles. The van der Waals surface area contributed by atoms with E-state index >= 15 is 0 Å². The van der Waals surface area contributed by atoms with Crippen LogP contribution in [-0.2, 0) is 16.1 Å². The number of aliphatic hydroxyl groups is 1. The molecule has 196 valence electrons. The summed E-state index contributed by atoms with van der Waals surface area (Å²) in [6.07, 6.45) is -4.27. The Labute approximate surface area is 209 Å². The number of ether oxygens (including phenoxy) is 2. The van der Waals surface area contributed by atoms with Gasteiger partial charge in [0.15, 0.2) is 12.7 Å². The van der Waals surface area contributed by atoms with Crippen LogP contribution < -0.4 is 14.4 Å². The van der Waals surface area contributed by atoms with Gasteiger partial charge in [-0.2, -0.15) is 13.2 Å². The molecule has 0 radical (unpaired) electrons. The van der Waals surface area contributed by atoms with E-state index in [0.29, 0.717) is 24.2 Å². The number of nitrogens with zero attached hydrogens (tertiary/aromatic N) is 4. The number of carbonyl (C=O) groups is 3. The summed E-state index contributed by atoms with van der Waals surface area (Å²) in [6.45, 7) is -0.380. The second-order valence-corrected chi connectivity index (χ2v) is 9.08. The predicted molar refractivity (Wildman–Crippen MR) is 121 cm³/mol. The van der Waals surface area contributed by atoms with Crippen molar-refractivity contribution in [1.29, 1.82) is 0 Å². The Kier molecular flexibility index (Phi) is 6.40. The number of hydrogen-bond donors (Lipinski definition) is 1. The van der Waals surface area contributed by atoms with Gasteiger partial charge in [-0.25, -0.2) is 4.98 Å². The summed E-state index contributed by atoms with van der Waals surface area (Å²) in [4.78, 5) is 46.4. The lowest BCUT2D eigenvalue weighted by Crippen LogP contribution is -2.55. The van der Waals surface area contributed by atoms with E-state index in [9.17, 15) is 32.7 Å². The first-order valence-electron chi connectivity index (χ1n) is 11.6. The zero-order chi connectivity index (χ0) is 26.3. The topological polar surface area (TPSA) is 113 Å². The molecular weight excluding hydrogens is 497 g/mol. The van der Waals surface area contributed by atoms with Crippen LogP contribution >= 0.6 is 0 Å². The molecule has 37 heavy (non-hydrogen) atoms. The SMILES string of the molecule is O=C(CN1Cc2ccc(N3CC[C@@H](Oc4ccc(OCC(F)(F)F)nc4)C3=O)cc2C1=O)N1CC(O)C1. The molecule has 3 amide bonds. The molecule has 2 fully saturated rings. The van der Waals surface area contributed by atoms with Crippen LogP contribution in [0.5, 0.6) is 11.6 Å². The minimum atomic E-state index is -4.48. The van der Waals surface area contributed by atoms with E-state index in [-0.39, 0.29) is 55.5 Å². The average Bonchev–Trinajstić information content (AvgIpc) is 3.35. The normalized spacial score (nSPS) is 19.8. The predicted octanol–water partition coefficient (Wildman–Crippen LogP) is 1.37. The highest BCUT2D eigenvalue weighted by atomic mass is 19.4. The number of pyridine rings is 1. The number of anilines is 1. The van der Waals surface area contributed by atoms with Crippen molar-refractivity contribution in [3.05, 3.63) is 47.7 Å². The summed E-state index contributed by atoms with van der Waals surface area (Å²) >= 11 is 0. The van der Waals surface area contributed by atoms with Gasteiger partial charge in [-0.05, 0) is 23.8 Å². The molecule has 1 atom stereocenters. The molecule has 1 N–H and O–H groups in total. The van der Waals surface area contributed by atoms with Crippen molar-refractivity contribution in [3.8, 4) is 11.6 Å². The maximum Gasteiger partial charge on any atom is 0.422 e. The number of fused-ring (bicyclic) bond motifs is 1. The van der Waals surface area contributed by atoms with E-state index in [2.05, 4.69) is 9.72 Å². The smallest absolute Gasteiger partial charge is 0.422 e. The minimum absolute atomic E-state index is 0.0812. The van der Waals surface area contributed by atoms with Crippen LogP contribution in [0.2, 0.25) is 0 Å². The van der Waals surface area contributed by atoms with Crippen LogP contribution in [0.1, 0.15) is 22.3 Å². The lowest BCUT2D eigenvalue weighted by molar-refractivity contribution is -0.154. The van der Waals surface area contributed by atoms with Crippen LogP contribution in [0.25, 0.3) is 0 Å². The maximum absolute atomic E-state index is 13.0. The molecule has 0 saturated carbocycles. The molecule has 1 aromatic heterocycles. The van der Waals surface area contributed by atoms with Gasteiger partial charge in [-0.1, -0.05) is 6.07 Å². The van der Waals surface area contributed by atoms with Crippen LogP contribution in [-0.4, -0.2) is 88.8 Å². The molecule has 1 aromatic carbocycles. The standard InChI is InChI=1S/C24H23F3N4O6/c25-24(26,27)13-36-20-4-3-17(8-28-20)37-19-5-6-31(23(19)35)15-2-1-14-9-30(22(34)18(14)7-15)12-21(33)29-10-16(32)11-29/h1-4,7-8,16,19,32H,5-6,9-13H2/t19-/m1/s1. The van der Waals surface area contributed by atoms with Crippen molar-refractivity contribution in [3.63, 3.8) is 0 Å². The van der Waals surface area contributed by atoms with Gasteiger partial charge in [-0.15, -0.1) is 0 Å². The molecule has 10 nitrogen and oxygen atoms in total. The largest absolute Gasteiger partial charge is 0.479 e. The molecular formula is C24H23F3N4O6. The first-order valence-corrected chi connectivity index (χ1v) is 11.6. The number of hydrogen-bond acceptors (Lipinski definition) is 7. The van der Waals surface area contributed by atoms with Crippen LogP contribution in [0.4, 0.5) is 18.9 Å². The molecule has 13 heteroatoms. The Bertz CT molecular complexity index is 1220. The number of carbonyl (C=O) groups excluding carboxylic acids is 3. The number of likely N-dealkylation sites (tertiary alicyclic amines) is 1. The highest BCUT2D eigenvalue weighted by Crippen LogP contribution is 2.31. The third-order valence-electron chi connectivity index (χ3n) is 6.35. The first-order chi connectivity index (χ1) is 17.6. The number of aliphatic hydroxyl groups excluding tert-OH is 1. The van der Waals surface area contributed by atoms with Gasteiger partial charge in [-0.3, -0.25) is 14.4 Å². The summed E-state index contributed by atoms with van der Waals surface area (Å²) in [5.74, 6) is -0.865. The van der Waals surface area contributed by atoms with Gasteiger partial charge < -0.3 is 29.3 Å². The van der Waals surface area contributed by atoms with E-state index in [0.717, 1.165) is 5.56 Å². The zero-order valence-electron chi connectivity index (χ0n) is 19.5. The first kappa shape index (κ1) is 24.8. The summed E-state index contributed by atoms with van der Waals surface area (Å²) in [5, 5.41) is 9.38. The molecule has 0 aliphatic carbocycles. The molecule has 3 aliphatic rings. The monoisotopic (exact) mass is 520 g/mol. The zero-order valence-corrected chi connectivity index (χ0v) is 19.5. The van der Waals surface area contributed by atoms with Crippen molar-refractivity contribution in [2.24, 2.45) is 0 Å². The fraction of sp³-hybridized carbons (Fsp3) is 0.417. The number of rotatable bonds is 7. The number of amides is 3. The maximum atomic E-state index is 13.0. The fourth-order valence-corrected chi connectivity index (χ4v) is 4.43. The lowest BCUT2D eigenvalue weighted by Gasteiger charge is -2.36. The van der Waals surface area contributed by atoms with Crippen LogP contribution in [0, 0.1) is 0 Å². The van der Waals surface area contributed by atoms with E-state index in [1.54, 1.807) is 18.2 Å². The Morgan fingerprint density at radius 1 is 1.16 bits per heavy atom. The number of halogens is 3.